The monoisotopic (exact) mass is 295 g/mol. The standard InChI is InChI=1S/C22H17N/c1-3-9-17(10-4-1)15-20-16-19-13-7-8-14-21(19)23-22(20)18-11-5-2-6-12-18/h1-14,16H,15H2. The van der Waals surface area contributed by atoms with E-state index in [2.05, 4.69) is 78.9 Å². The molecule has 0 unspecified atom stereocenters. The number of hydrogen-bond acceptors (Lipinski definition) is 1. The first-order chi connectivity index (χ1) is 11.4. The zero-order valence-corrected chi connectivity index (χ0v) is 12.8. The Morgan fingerprint density at radius 3 is 2.09 bits per heavy atom. The fourth-order valence-electron chi connectivity index (χ4n) is 2.96. The van der Waals surface area contributed by atoms with Crippen LogP contribution in [0.5, 0.6) is 0 Å². The molecule has 1 aromatic heterocycles. The normalized spacial score (nSPS) is 10.8. The van der Waals surface area contributed by atoms with E-state index in [1.165, 1.54) is 22.1 Å². The van der Waals surface area contributed by atoms with Crippen molar-refractivity contribution in [1.29, 1.82) is 0 Å². The van der Waals surface area contributed by atoms with Gasteiger partial charge in [0.1, 0.15) is 0 Å². The lowest BCUT2D eigenvalue weighted by Gasteiger charge is -2.11. The molecule has 0 saturated heterocycles. The van der Waals surface area contributed by atoms with Gasteiger partial charge in [-0.05, 0) is 29.7 Å². The number of benzene rings is 3. The van der Waals surface area contributed by atoms with E-state index in [1.54, 1.807) is 0 Å². The van der Waals surface area contributed by atoms with Crippen molar-refractivity contribution in [2.24, 2.45) is 0 Å². The van der Waals surface area contributed by atoms with Crippen molar-refractivity contribution in [2.45, 2.75) is 6.42 Å². The van der Waals surface area contributed by atoms with Crippen LogP contribution in [0.25, 0.3) is 22.2 Å². The summed E-state index contributed by atoms with van der Waals surface area (Å²) in [6, 6.07) is 31.6. The van der Waals surface area contributed by atoms with Crippen molar-refractivity contribution in [1.82, 2.24) is 4.98 Å². The molecule has 0 saturated carbocycles. The van der Waals surface area contributed by atoms with Crippen LogP contribution >= 0.6 is 0 Å². The van der Waals surface area contributed by atoms with E-state index in [4.69, 9.17) is 4.98 Å². The summed E-state index contributed by atoms with van der Waals surface area (Å²) in [5, 5.41) is 1.19. The molecule has 23 heavy (non-hydrogen) atoms. The number of aromatic nitrogens is 1. The second-order valence-electron chi connectivity index (χ2n) is 5.72. The smallest absolute Gasteiger partial charge is 0.0745 e. The second-order valence-corrected chi connectivity index (χ2v) is 5.72. The summed E-state index contributed by atoms with van der Waals surface area (Å²) >= 11 is 0. The van der Waals surface area contributed by atoms with Crippen molar-refractivity contribution >= 4 is 10.9 Å². The van der Waals surface area contributed by atoms with Crippen molar-refractivity contribution in [3.63, 3.8) is 0 Å². The SMILES string of the molecule is c1ccc(Cc2cc3ccccc3nc2-c2ccccc2)cc1. The Morgan fingerprint density at radius 2 is 1.30 bits per heavy atom. The highest BCUT2D eigenvalue weighted by Gasteiger charge is 2.09. The minimum absolute atomic E-state index is 0.892. The molecule has 1 nitrogen and oxygen atoms in total. The molecule has 0 aliphatic carbocycles. The van der Waals surface area contributed by atoms with Gasteiger partial charge in [-0.15, -0.1) is 0 Å². The average molecular weight is 295 g/mol. The third kappa shape index (κ3) is 2.86. The van der Waals surface area contributed by atoms with Gasteiger partial charge in [-0.3, -0.25) is 0 Å². The van der Waals surface area contributed by atoms with Gasteiger partial charge in [0.05, 0.1) is 11.2 Å². The summed E-state index contributed by atoms with van der Waals surface area (Å²) in [7, 11) is 0. The molecule has 110 valence electrons. The van der Waals surface area contributed by atoms with E-state index < -0.39 is 0 Å². The predicted octanol–water partition coefficient (Wildman–Crippen LogP) is 5.49. The Morgan fingerprint density at radius 1 is 0.652 bits per heavy atom. The van der Waals surface area contributed by atoms with Crippen LogP contribution in [0.2, 0.25) is 0 Å². The molecule has 1 heteroatoms. The summed E-state index contributed by atoms with van der Waals surface area (Å²) in [5.74, 6) is 0. The Labute approximate surface area is 136 Å². The number of fused-ring (bicyclic) bond motifs is 1. The van der Waals surface area contributed by atoms with Gasteiger partial charge in [-0.25, -0.2) is 4.98 Å². The summed E-state index contributed by atoms with van der Waals surface area (Å²) in [4.78, 5) is 4.94. The second kappa shape index (κ2) is 6.05. The first-order valence-electron chi connectivity index (χ1n) is 7.88. The van der Waals surface area contributed by atoms with Crippen LogP contribution < -0.4 is 0 Å². The van der Waals surface area contributed by atoms with Crippen molar-refractivity contribution in [3.05, 3.63) is 102 Å². The largest absolute Gasteiger partial charge is 0.247 e. The molecule has 0 aliphatic rings. The summed E-state index contributed by atoms with van der Waals surface area (Å²) < 4.78 is 0. The Balaban J connectivity index is 1.89. The Bertz CT molecular complexity index is 928. The van der Waals surface area contributed by atoms with E-state index >= 15 is 0 Å². The molecule has 1 heterocycles. The third-order valence-electron chi connectivity index (χ3n) is 4.09. The van der Waals surface area contributed by atoms with Crippen LogP contribution in [0.4, 0.5) is 0 Å². The lowest BCUT2D eigenvalue weighted by atomic mass is 9.97. The van der Waals surface area contributed by atoms with Gasteiger partial charge in [-0.1, -0.05) is 78.9 Å². The summed E-state index contributed by atoms with van der Waals surface area (Å²) in [5.41, 5.74) is 5.86. The molecular weight excluding hydrogens is 278 g/mol. The van der Waals surface area contributed by atoms with Gasteiger partial charge in [0.15, 0.2) is 0 Å². The maximum Gasteiger partial charge on any atom is 0.0745 e. The maximum absolute atomic E-state index is 4.94. The van der Waals surface area contributed by atoms with Gasteiger partial charge in [0.25, 0.3) is 0 Å². The first-order valence-corrected chi connectivity index (χ1v) is 7.88. The zero-order chi connectivity index (χ0) is 15.5. The van der Waals surface area contributed by atoms with Gasteiger partial charge in [0.2, 0.25) is 0 Å². The van der Waals surface area contributed by atoms with Crippen LogP contribution in [-0.4, -0.2) is 4.98 Å². The van der Waals surface area contributed by atoms with Gasteiger partial charge in [-0.2, -0.15) is 0 Å². The molecule has 0 radical (unpaired) electrons. The predicted molar refractivity (Wildman–Crippen MR) is 96.4 cm³/mol. The highest BCUT2D eigenvalue weighted by molar-refractivity contribution is 5.83. The fourth-order valence-corrected chi connectivity index (χ4v) is 2.96. The highest BCUT2D eigenvalue weighted by atomic mass is 14.7. The van der Waals surface area contributed by atoms with E-state index in [-0.39, 0.29) is 0 Å². The van der Waals surface area contributed by atoms with Crippen LogP contribution in [0.15, 0.2) is 91.0 Å². The van der Waals surface area contributed by atoms with E-state index in [9.17, 15) is 0 Å². The number of para-hydroxylation sites is 1. The first kappa shape index (κ1) is 13.7. The molecule has 4 aromatic rings. The summed E-state index contributed by atoms with van der Waals surface area (Å²) in [6.45, 7) is 0. The molecule has 0 amide bonds. The molecule has 0 spiro atoms. The Kier molecular flexibility index (Phi) is 3.61. The van der Waals surface area contributed by atoms with Crippen LogP contribution in [0.3, 0.4) is 0 Å². The molecule has 0 atom stereocenters. The minimum atomic E-state index is 0.892. The van der Waals surface area contributed by atoms with Gasteiger partial charge < -0.3 is 0 Å². The molecule has 0 N–H and O–H groups in total. The van der Waals surface area contributed by atoms with Crippen molar-refractivity contribution in [3.8, 4) is 11.3 Å². The molecule has 0 fully saturated rings. The van der Waals surface area contributed by atoms with Crippen molar-refractivity contribution < 1.29 is 0 Å². The molecule has 0 bridgehead atoms. The minimum Gasteiger partial charge on any atom is -0.247 e. The fraction of sp³-hybridized carbons (Fsp3) is 0.0455. The summed E-state index contributed by atoms with van der Waals surface area (Å²) in [6.07, 6.45) is 0.892. The molecule has 0 aliphatic heterocycles. The number of pyridine rings is 1. The van der Waals surface area contributed by atoms with Gasteiger partial charge in [0, 0.05) is 10.9 Å². The quantitative estimate of drug-likeness (QED) is 0.487. The number of hydrogen-bond donors (Lipinski definition) is 0. The topological polar surface area (TPSA) is 12.9 Å². The van der Waals surface area contributed by atoms with Crippen LogP contribution in [0, 0.1) is 0 Å². The van der Waals surface area contributed by atoms with Crippen LogP contribution in [-0.2, 0) is 6.42 Å². The van der Waals surface area contributed by atoms with E-state index in [0.29, 0.717) is 0 Å². The number of nitrogens with zero attached hydrogens (tertiary/aromatic N) is 1. The van der Waals surface area contributed by atoms with E-state index in [1.807, 2.05) is 12.1 Å². The lowest BCUT2D eigenvalue weighted by molar-refractivity contribution is 1.17. The van der Waals surface area contributed by atoms with Crippen molar-refractivity contribution in [2.75, 3.05) is 0 Å². The highest BCUT2D eigenvalue weighted by Crippen LogP contribution is 2.27. The van der Waals surface area contributed by atoms with Crippen LogP contribution in [0.1, 0.15) is 11.1 Å². The molecule has 3 aromatic carbocycles. The Hall–Kier alpha value is -2.93. The number of rotatable bonds is 3. The molecule has 4 rings (SSSR count). The lowest BCUT2D eigenvalue weighted by Crippen LogP contribution is -1.96. The third-order valence-corrected chi connectivity index (χ3v) is 4.09. The average Bonchev–Trinajstić information content (AvgIpc) is 2.63. The van der Waals surface area contributed by atoms with E-state index in [0.717, 1.165) is 17.6 Å². The zero-order valence-electron chi connectivity index (χ0n) is 12.8. The molecular formula is C22H17N. The van der Waals surface area contributed by atoms with Gasteiger partial charge >= 0.3 is 0 Å². The maximum atomic E-state index is 4.94.